The maximum absolute atomic E-state index is 6.49. The lowest BCUT2D eigenvalue weighted by Crippen LogP contribution is -2.40. The summed E-state index contributed by atoms with van der Waals surface area (Å²) in [6, 6.07) is 0.676. The van der Waals surface area contributed by atoms with E-state index in [9.17, 15) is 0 Å². The van der Waals surface area contributed by atoms with Crippen LogP contribution in [-0.4, -0.2) is 24.3 Å². The highest BCUT2D eigenvalue weighted by molar-refractivity contribution is 4.92. The van der Waals surface area contributed by atoms with Gasteiger partial charge in [0.25, 0.3) is 0 Å². The van der Waals surface area contributed by atoms with Crippen molar-refractivity contribution in [3.8, 4) is 0 Å². The zero-order valence-corrected chi connectivity index (χ0v) is 14.0. The fraction of sp³-hybridized carbons (Fsp3) is 1.00. The first-order chi connectivity index (χ1) is 10.3. The molecule has 0 bridgehead atoms. The van der Waals surface area contributed by atoms with E-state index in [4.69, 9.17) is 4.74 Å². The molecule has 2 nitrogen and oxygen atoms in total. The summed E-state index contributed by atoms with van der Waals surface area (Å²) in [7, 11) is 0. The van der Waals surface area contributed by atoms with Crippen molar-refractivity contribution in [2.75, 3.05) is 6.54 Å². The van der Waals surface area contributed by atoms with Crippen LogP contribution in [0.25, 0.3) is 0 Å². The van der Waals surface area contributed by atoms with Gasteiger partial charge in [-0.3, -0.25) is 0 Å². The van der Waals surface area contributed by atoms with E-state index in [1.165, 1.54) is 83.5 Å². The molecule has 0 amide bonds. The first-order valence-electron chi connectivity index (χ1n) is 9.69. The van der Waals surface area contributed by atoms with Crippen LogP contribution in [0.2, 0.25) is 0 Å². The molecule has 1 N–H and O–H groups in total. The molecule has 1 heterocycles. The molecule has 0 aromatic rings. The molecule has 2 aliphatic carbocycles. The fourth-order valence-electron chi connectivity index (χ4n) is 4.90. The van der Waals surface area contributed by atoms with Crippen molar-refractivity contribution >= 4 is 0 Å². The molecule has 1 spiro atoms. The molecular weight excluding hydrogens is 258 g/mol. The summed E-state index contributed by atoms with van der Waals surface area (Å²) in [6.45, 7) is 3.49. The SMILES string of the molecule is C[C@H](NCC1CCC2(CCCCC2)O1)C1CCCCCC1. The van der Waals surface area contributed by atoms with E-state index in [-0.39, 0.29) is 5.60 Å². The van der Waals surface area contributed by atoms with E-state index in [1.54, 1.807) is 0 Å². The van der Waals surface area contributed by atoms with Crippen molar-refractivity contribution in [2.45, 2.75) is 108 Å². The second kappa shape index (κ2) is 7.46. The van der Waals surface area contributed by atoms with E-state index in [2.05, 4.69) is 12.2 Å². The third-order valence-electron chi connectivity index (χ3n) is 6.38. The molecule has 3 fully saturated rings. The molecule has 3 aliphatic rings. The van der Waals surface area contributed by atoms with Gasteiger partial charge in [-0.1, -0.05) is 44.9 Å². The summed E-state index contributed by atoms with van der Waals surface area (Å²) in [5.41, 5.74) is 0.288. The maximum Gasteiger partial charge on any atom is 0.0708 e. The van der Waals surface area contributed by atoms with Gasteiger partial charge < -0.3 is 10.1 Å². The summed E-state index contributed by atoms with van der Waals surface area (Å²) in [4.78, 5) is 0. The van der Waals surface area contributed by atoms with Crippen LogP contribution in [0.5, 0.6) is 0 Å². The number of rotatable bonds is 4. The maximum atomic E-state index is 6.49. The van der Waals surface area contributed by atoms with Crippen LogP contribution in [-0.2, 0) is 4.74 Å². The molecule has 3 rings (SSSR count). The Labute approximate surface area is 131 Å². The number of nitrogens with one attached hydrogen (secondary N) is 1. The van der Waals surface area contributed by atoms with E-state index in [1.807, 2.05) is 0 Å². The monoisotopic (exact) mass is 293 g/mol. The molecule has 0 radical (unpaired) electrons. The molecule has 21 heavy (non-hydrogen) atoms. The van der Waals surface area contributed by atoms with Gasteiger partial charge >= 0.3 is 0 Å². The van der Waals surface area contributed by atoms with Gasteiger partial charge in [0.1, 0.15) is 0 Å². The zero-order chi connectivity index (χ0) is 14.5. The Morgan fingerprint density at radius 1 is 0.905 bits per heavy atom. The summed E-state index contributed by atoms with van der Waals surface area (Å²) < 4.78 is 6.49. The average Bonchev–Trinajstić information content (AvgIpc) is 2.74. The second-order valence-electron chi connectivity index (χ2n) is 7.97. The Kier molecular flexibility index (Phi) is 5.61. The molecule has 2 heteroatoms. The Balaban J connectivity index is 1.40. The molecule has 1 unspecified atom stereocenters. The van der Waals surface area contributed by atoms with Crippen LogP contribution >= 0.6 is 0 Å². The van der Waals surface area contributed by atoms with Crippen LogP contribution in [0.15, 0.2) is 0 Å². The largest absolute Gasteiger partial charge is 0.370 e. The number of hydrogen-bond donors (Lipinski definition) is 1. The highest BCUT2D eigenvalue weighted by Crippen LogP contribution is 2.41. The molecule has 0 aromatic heterocycles. The van der Waals surface area contributed by atoms with Crippen LogP contribution < -0.4 is 5.32 Å². The van der Waals surface area contributed by atoms with Crippen molar-refractivity contribution in [3.63, 3.8) is 0 Å². The smallest absolute Gasteiger partial charge is 0.0708 e. The minimum atomic E-state index is 0.288. The van der Waals surface area contributed by atoms with Gasteiger partial charge in [0.05, 0.1) is 11.7 Å². The fourth-order valence-corrected chi connectivity index (χ4v) is 4.90. The van der Waals surface area contributed by atoms with Crippen molar-refractivity contribution in [1.82, 2.24) is 5.32 Å². The summed E-state index contributed by atoms with van der Waals surface area (Å²) in [5.74, 6) is 0.901. The van der Waals surface area contributed by atoms with Gasteiger partial charge in [-0.25, -0.2) is 0 Å². The van der Waals surface area contributed by atoms with Crippen molar-refractivity contribution < 1.29 is 4.74 Å². The minimum Gasteiger partial charge on any atom is -0.370 e. The molecule has 122 valence electrons. The minimum absolute atomic E-state index is 0.288. The third kappa shape index (κ3) is 4.22. The van der Waals surface area contributed by atoms with Gasteiger partial charge in [0, 0.05) is 12.6 Å². The quantitative estimate of drug-likeness (QED) is 0.751. The van der Waals surface area contributed by atoms with Crippen LogP contribution in [0.4, 0.5) is 0 Å². The van der Waals surface area contributed by atoms with Crippen molar-refractivity contribution in [1.29, 1.82) is 0 Å². The normalized spacial score (nSPS) is 32.1. The first kappa shape index (κ1) is 15.8. The summed E-state index contributed by atoms with van der Waals surface area (Å²) in [6.07, 6.45) is 18.6. The Hall–Kier alpha value is -0.0800. The Bertz CT molecular complexity index is 303. The zero-order valence-electron chi connectivity index (χ0n) is 14.0. The molecule has 2 atom stereocenters. The van der Waals surface area contributed by atoms with Gasteiger partial charge in [-0.15, -0.1) is 0 Å². The molecule has 0 aromatic carbocycles. The van der Waals surface area contributed by atoms with Crippen molar-refractivity contribution in [2.24, 2.45) is 5.92 Å². The topological polar surface area (TPSA) is 21.3 Å². The Morgan fingerprint density at radius 2 is 1.57 bits per heavy atom. The van der Waals surface area contributed by atoms with Gasteiger partial charge in [-0.2, -0.15) is 0 Å². The third-order valence-corrected chi connectivity index (χ3v) is 6.38. The van der Waals surface area contributed by atoms with Crippen LogP contribution in [0.1, 0.15) is 90.4 Å². The predicted molar refractivity (Wildman–Crippen MR) is 88.6 cm³/mol. The van der Waals surface area contributed by atoms with E-state index in [0.29, 0.717) is 12.1 Å². The average molecular weight is 293 g/mol. The first-order valence-corrected chi connectivity index (χ1v) is 9.69. The van der Waals surface area contributed by atoms with Crippen molar-refractivity contribution in [3.05, 3.63) is 0 Å². The summed E-state index contributed by atoms with van der Waals surface area (Å²) >= 11 is 0. The molecule has 1 saturated heterocycles. The lowest BCUT2D eigenvalue weighted by Gasteiger charge is -2.33. The van der Waals surface area contributed by atoms with E-state index >= 15 is 0 Å². The lowest BCUT2D eigenvalue weighted by molar-refractivity contribution is -0.0632. The highest BCUT2D eigenvalue weighted by atomic mass is 16.5. The van der Waals surface area contributed by atoms with E-state index < -0.39 is 0 Å². The predicted octanol–water partition coefficient (Wildman–Crippen LogP) is 4.82. The molecule has 1 aliphatic heterocycles. The molecule has 2 saturated carbocycles. The highest BCUT2D eigenvalue weighted by Gasteiger charge is 2.40. The Morgan fingerprint density at radius 3 is 2.29 bits per heavy atom. The van der Waals surface area contributed by atoms with Gasteiger partial charge in [-0.05, 0) is 51.4 Å². The van der Waals surface area contributed by atoms with Gasteiger partial charge in [0.2, 0.25) is 0 Å². The number of hydrogen-bond acceptors (Lipinski definition) is 2. The second-order valence-corrected chi connectivity index (χ2v) is 7.97. The number of ether oxygens (including phenoxy) is 1. The molecular formula is C19H35NO. The van der Waals surface area contributed by atoms with Gasteiger partial charge in [0.15, 0.2) is 0 Å². The van der Waals surface area contributed by atoms with Crippen LogP contribution in [0.3, 0.4) is 0 Å². The standard InChI is InChI=1S/C19H35NO/c1-16(17-9-5-2-3-6-10-17)20-15-18-11-14-19(21-18)12-7-4-8-13-19/h16-18,20H,2-15H2,1H3/t16-,18?/m0/s1. The lowest BCUT2D eigenvalue weighted by atomic mass is 9.83. The van der Waals surface area contributed by atoms with Crippen LogP contribution in [0, 0.1) is 5.92 Å². The van der Waals surface area contributed by atoms with E-state index in [0.717, 1.165) is 12.5 Å². The summed E-state index contributed by atoms with van der Waals surface area (Å²) in [5, 5.41) is 3.82.